The molecule has 0 radical (unpaired) electrons. The first kappa shape index (κ1) is 22.6. The van der Waals surface area contributed by atoms with Gasteiger partial charge in [-0.3, -0.25) is 4.79 Å². The summed E-state index contributed by atoms with van der Waals surface area (Å²) < 4.78 is 17.6. The number of carbonyl (C=O) groups is 2. The number of hydrogen-bond donors (Lipinski definition) is 1. The van der Waals surface area contributed by atoms with Gasteiger partial charge in [-0.2, -0.15) is 0 Å². The van der Waals surface area contributed by atoms with Crippen molar-refractivity contribution < 1.29 is 28.9 Å². The predicted molar refractivity (Wildman–Crippen MR) is 118 cm³/mol. The van der Waals surface area contributed by atoms with Crippen LogP contribution in [0.25, 0.3) is 6.08 Å². The van der Waals surface area contributed by atoms with Gasteiger partial charge in [-0.25, -0.2) is 4.79 Å². The first-order valence-electron chi connectivity index (χ1n) is 10.5. The molecule has 0 saturated heterocycles. The quantitative estimate of drug-likeness (QED) is 0.377. The van der Waals surface area contributed by atoms with E-state index in [1.807, 2.05) is 13.0 Å². The number of fused-ring (bicyclic) bond motifs is 2. The molecule has 2 atom stereocenters. The Hall–Kier alpha value is -3.12. The Morgan fingerprint density at radius 2 is 1.97 bits per heavy atom. The maximum atomic E-state index is 13.2. The minimum Gasteiger partial charge on any atom is -0.507 e. The van der Waals surface area contributed by atoms with E-state index in [2.05, 4.69) is 6.92 Å². The molecular weight excluding hydrogens is 396 g/mol. The number of aldehydes is 1. The molecule has 31 heavy (non-hydrogen) atoms. The smallest absolute Gasteiger partial charge is 0.342 e. The lowest BCUT2D eigenvalue weighted by Crippen LogP contribution is -2.32. The van der Waals surface area contributed by atoms with Gasteiger partial charge >= 0.3 is 5.97 Å². The molecule has 6 heteroatoms. The number of methoxy groups -OCH3 is 1. The summed E-state index contributed by atoms with van der Waals surface area (Å²) >= 11 is 0. The van der Waals surface area contributed by atoms with E-state index in [0.717, 1.165) is 19.3 Å². The molecule has 6 nitrogen and oxygen atoms in total. The fourth-order valence-corrected chi connectivity index (χ4v) is 3.72. The average molecular weight is 424 g/mol. The number of benzene rings is 2. The number of phenolic OH excluding ortho intramolecular Hbond substituents is 1. The molecule has 164 valence electrons. The van der Waals surface area contributed by atoms with E-state index in [1.54, 1.807) is 37.5 Å². The summed E-state index contributed by atoms with van der Waals surface area (Å²) in [5.41, 5.74) is 1.55. The first-order valence-corrected chi connectivity index (χ1v) is 10.5. The van der Waals surface area contributed by atoms with Crippen molar-refractivity contribution in [1.82, 2.24) is 0 Å². The standard InChI is InChI=1S/C25H28O6/c1-4-5-6-9-22-21(29-3)13-11-17-18(15-26)19(27)12-14-20(17)30-23-10-7-8-16(2)24(23)25(28)31-22/h7-8,10-15,21-22,27H,4-6,9H2,1-3H3/b13-11+/t21-,22+/m0/s1. The van der Waals surface area contributed by atoms with Crippen LogP contribution in [-0.2, 0) is 9.47 Å². The van der Waals surface area contributed by atoms with E-state index in [-0.39, 0.29) is 11.3 Å². The first-order chi connectivity index (χ1) is 15.0. The van der Waals surface area contributed by atoms with Crippen molar-refractivity contribution in [1.29, 1.82) is 0 Å². The highest BCUT2D eigenvalue weighted by molar-refractivity contribution is 5.95. The summed E-state index contributed by atoms with van der Waals surface area (Å²) in [5.74, 6) is 0.0328. The van der Waals surface area contributed by atoms with E-state index in [9.17, 15) is 14.7 Å². The van der Waals surface area contributed by atoms with E-state index in [4.69, 9.17) is 14.2 Å². The molecule has 0 spiro atoms. The Balaban J connectivity index is 2.18. The largest absolute Gasteiger partial charge is 0.507 e. The normalized spacial score (nSPS) is 19.3. The van der Waals surface area contributed by atoms with Crippen LogP contribution in [0.3, 0.4) is 0 Å². The monoisotopic (exact) mass is 424 g/mol. The maximum absolute atomic E-state index is 13.2. The van der Waals surface area contributed by atoms with Crippen LogP contribution in [0.4, 0.5) is 0 Å². The van der Waals surface area contributed by atoms with Crippen molar-refractivity contribution >= 4 is 18.3 Å². The van der Waals surface area contributed by atoms with E-state index in [1.165, 1.54) is 6.07 Å². The van der Waals surface area contributed by atoms with Crippen LogP contribution in [0.15, 0.2) is 36.4 Å². The molecule has 0 saturated carbocycles. The van der Waals surface area contributed by atoms with Crippen LogP contribution >= 0.6 is 0 Å². The number of hydrogen-bond acceptors (Lipinski definition) is 6. The third-order valence-electron chi connectivity index (χ3n) is 5.44. The SMILES string of the molecule is CCCCC[C@H]1OC(=O)c2c(C)cccc2Oc2ccc(O)c(C=O)c2/C=C/[C@@H]1OC. The fourth-order valence-electron chi connectivity index (χ4n) is 3.72. The molecular formula is C25H28O6. The van der Waals surface area contributed by atoms with Crippen LogP contribution < -0.4 is 4.74 Å². The second-order valence-corrected chi connectivity index (χ2v) is 7.58. The van der Waals surface area contributed by atoms with Gasteiger partial charge in [0.2, 0.25) is 0 Å². The second kappa shape index (κ2) is 10.3. The number of esters is 1. The maximum Gasteiger partial charge on any atom is 0.342 e. The van der Waals surface area contributed by atoms with Crippen molar-refractivity contribution in [3.05, 3.63) is 58.7 Å². The molecule has 1 heterocycles. The van der Waals surface area contributed by atoms with Gasteiger partial charge in [-0.1, -0.05) is 44.1 Å². The van der Waals surface area contributed by atoms with E-state index >= 15 is 0 Å². The number of aromatic hydroxyl groups is 1. The molecule has 0 aliphatic carbocycles. The van der Waals surface area contributed by atoms with Gasteiger partial charge in [0, 0.05) is 12.7 Å². The minimum atomic E-state index is -0.527. The van der Waals surface area contributed by atoms with Gasteiger partial charge in [0.15, 0.2) is 6.29 Å². The van der Waals surface area contributed by atoms with Crippen molar-refractivity contribution in [2.24, 2.45) is 0 Å². The van der Waals surface area contributed by atoms with Crippen LogP contribution in [-0.4, -0.2) is 36.7 Å². The summed E-state index contributed by atoms with van der Waals surface area (Å²) in [6.07, 6.45) is 6.54. The van der Waals surface area contributed by atoms with Crippen molar-refractivity contribution in [3.63, 3.8) is 0 Å². The minimum absolute atomic E-state index is 0.104. The van der Waals surface area contributed by atoms with Gasteiger partial charge in [0.1, 0.15) is 35.0 Å². The number of aryl methyl sites for hydroxylation is 1. The Morgan fingerprint density at radius 1 is 1.16 bits per heavy atom. The predicted octanol–water partition coefficient (Wildman–Crippen LogP) is 5.45. The molecule has 2 aromatic rings. The molecule has 1 aliphatic heterocycles. The topological polar surface area (TPSA) is 82.1 Å². The molecule has 0 aromatic heterocycles. The van der Waals surface area contributed by atoms with Crippen LogP contribution in [0.5, 0.6) is 17.2 Å². The van der Waals surface area contributed by atoms with Crippen LogP contribution in [0.1, 0.15) is 64.4 Å². The lowest BCUT2D eigenvalue weighted by atomic mass is 10.0. The zero-order valence-corrected chi connectivity index (χ0v) is 18.1. The number of rotatable bonds is 6. The summed E-state index contributed by atoms with van der Waals surface area (Å²) in [7, 11) is 1.55. The summed E-state index contributed by atoms with van der Waals surface area (Å²) in [5, 5.41) is 10.2. The van der Waals surface area contributed by atoms with E-state index < -0.39 is 18.2 Å². The Morgan fingerprint density at radius 3 is 2.68 bits per heavy atom. The second-order valence-electron chi connectivity index (χ2n) is 7.58. The molecule has 0 unspecified atom stereocenters. The van der Waals surface area contributed by atoms with Gasteiger partial charge < -0.3 is 19.3 Å². The number of phenols is 1. The molecule has 1 N–H and O–H groups in total. The third-order valence-corrected chi connectivity index (χ3v) is 5.44. The Kier molecular flexibility index (Phi) is 7.47. The van der Waals surface area contributed by atoms with Gasteiger partial charge in [-0.15, -0.1) is 0 Å². The van der Waals surface area contributed by atoms with Crippen molar-refractivity contribution in [2.45, 2.75) is 51.7 Å². The van der Waals surface area contributed by atoms with Gasteiger partial charge in [-0.05, 0) is 43.5 Å². The number of carbonyl (C=O) groups excluding carboxylic acids is 2. The highest BCUT2D eigenvalue weighted by Crippen LogP contribution is 2.36. The lowest BCUT2D eigenvalue weighted by molar-refractivity contribution is -0.0213. The van der Waals surface area contributed by atoms with Crippen molar-refractivity contribution in [2.75, 3.05) is 7.11 Å². The molecule has 0 amide bonds. The van der Waals surface area contributed by atoms with E-state index in [0.29, 0.717) is 40.9 Å². The summed E-state index contributed by atoms with van der Waals surface area (Å²) in [6, 6.07) is 8.25. The van der Waals surface area contributed by atoms with Crippen molar-refractivity contribution in [3.8, 4) is 17.2 Å². The molecule has 0 fully saturated rings. The lowest BCUT2D eigenvalue weighted by Gasteiger charge is -2.24. The summed E-state index contributed by atoms with van der Waals surface area (Å²) in [4.78, 5) is 24.9. The zero-order valence-electron chi connectivity index (χ0n) is 18.1. The number of ether oxygens (including phenoxy) is 3. The van der Waals surface area contributed by atoms with Gasteiger partial charge in [0.05, 0.1) is 5.56 Å². The number of unbranched alkanes of at least 4 members (excludes halogenated alkanes) is 2. The Bertz CT molecular complexity index is 978. The molecule has 2 aromatic carbocycles. The average Bonchev–Trinajstić information content (AvgIpc) is 2.77. The van der Waals surface area contributed by atoms with Crippen LogP contribution in [0, 0.1) is 6.92 Å². The Labute approximate surface area is 182 Å². The molecule has 0 bridgehead atoms. The summed E-state index contributed by atoms with van der Waals surface area (Å²) in [6.45, 7) is 3.92. The number of cyclic esters (lactones) is 1. The highest BCUT2D eigenvalue weighted by atomic mass is 16.6. The zero-order chi connectivity index (χ0) is 22.4. The fraction of sp³-hybridized carbons (Fsp3) is 0.360. The van der Waals surface area contributed by atoms with Gasteiger partial charge in [0.25, 0.3) is 0 Å². The molecule has 1 aliphatic rings. The molecule has 3 rings (SSSR count). The third kappa shape index (κ3) is 4.97. The highest BCUT2D eigenvalue weighted by Gasteiger charge is 2.28. The van der Waals surface area contributed by atoms with Crippen LogP contribution in [0.2, 0.25) is 0 Å².